The fourth-order valence-corrected chi connectivity index (χ4v) is 10.4. The second-order valence-corrected chi connectivity index (χ2v) is 12.4. The van der Waals surface area contributed by atoms with Crippen LogP contribution in [0.1, 0.15) is 26.7 Å². The van der Waals surface area contributed by atoms with E-state index in [1.165, 1.54) is 23.5 Å². The van der Waals surface area contributed by atoms with E-state index in [9.17, 15) is 0 Å². The Kier molecular flexibility index (Phi) is 5.54. The number of rotatable bonds is 4. The molecule has 0 nitrogen and oxygen atoms in total. The summed E-state index contributed by atoms with van der Waals surface area (Å²) in [7, 11) is -0.585. The molecule has 3 atom stereocenters. The van der Waals surface area contributed by atoms with E-state index in [4.69, 9.17) is 0 Å². The summed E-state index contributed by atoms with van der Waals surface area (Å²) in [5.74, 6) is 0. The molecular formula is C24H26P2. The van der Waals surface area contributed by atoms with Gasteiger partial charge < -0.3 is 0 Å². The van der Waals surface area contributed by atoms with E-state index in [2.05, 4.69) is 98.8 Å². The van der Waals surface area contributed by atoms with Crippen LogP contribution in [0.4, 0.5) is 0 Å². The summed E-state index contributed by atoms with van der Waals surface area (Å²) in [5, 5.41) is 6.14. The van der Waals surface area contributed by atoms with Gasteiger partial charge in [-0.3, -0.25) is 0 Å². The Balaban J connectivity index is 1.88. The summed E-state index contributed by atoms with van der Waals surface area (Å²) in [6, 6.07) is 31.5. The van der Waals surface area contributed by atoms with Crippen molar-refractivity contribution in [2.45, 2.75) is 38.0 Å². The lowest BCUT2D eigenvalue weighted by Gasteiger charge is -2.28. The Morgan fingerprint density at radius 1 is 0.654 bits per heavy atom. The highest BCUT2D eigenvalue weighted by Crippen LogP contribution is 2.55. The lowest BCUT2D eigenvalue weighted by molar-refractivity contribution is 0.777. The van der Waals surface area contributed by atoms with Gasteiger partial charge in [0.2, 0.25) is 0 Å². The largest absolute Gasteiger partial charge is 0.0688 e. The van der Waals surface area contributed by atoms with E-state index in [1.807, 2.05) is 0 Å². The van der Waals surface area contributed by atoms with Crippen LogP contribution in [0.5, 0.6) is 0 Å². The first-order valence-electron chi connectivity index (χ1n) is 9.53. The molecule has 26 heavy (non-hydrogen) atoms. The molecule has 0 amide bonds. The second kappa shape index (κ2) is 8.04. The maximum Gasteiger partial charge on any atom is -0.00740 e. The van der Waals surface area contributed by atoms with Crippen LogP contribution in [0.3, 0.4) is 0 Å². The molecule has 1 saturated heterocycles. The molecule has 0 radical (unpaired) electrons. The van der Waals surface area contributed by atoms with Crippen molar-refractivity contribution in [2.75, 3.05) is 0 Å². The molecule has 0 spiro atoms. The molecule has 1 fully saturated rings. The first-order chi connectivity index (χ1) is 12.8. The molecule has 4 rings (SSSR count). The van der Waals surface area contributed by atoms with Crippen molar-refractivity contribution >= 4 is 37.1 Å². The Hall–Kier alpha value is -1.48. The zero-order chi connectivity index (χ0) is 17.9. The van der Waals surface area contributed by atoms with Gasteiger partial charge in [0.1, 0.15) is 0 Å². The average molecular weight is 376 g/mol. The molecule has 2 unspecified atom stereocenters. The summed E-state index contributed by atoms with van der Waals surface area (Å²) in [4.78, 5) is 0. The molecule has 3 aromatic rings. The monoisotopic (exact) mass is 376 g/mol. The molecule has 3 aromatic carbocycles. The van der Waals surface area contributed by atoms with E-state index in [1.54, 1.807) is 10.6 Å². The van der Waals surface area contributed by atoms with Gasteiger partial charge in [0, 0.05) is 0 Å². The second-order valence-electron chi connectivity index (χ2n) is 7.18. The standard InChI is InChI=1S/C24H26P2/c1-19-17-18-20(2)25(19)23-15-9-10-16-24(23)26(21-11-5-3-6-12-21)22-13-7-4-8-14-22/h3-16,19-20H,17-18H2,1-2H3/t19-,20?,25?/m0/s1. The van der Waals surface area contributed by atoms with Gasteiger partial charge in [-0.25, -0.2) is 0 Å². The predicted molar refractivity (Wildman–Crippen MR) is 120 cm³/mol. The minimum absolute atomic E-state index is 0.0804. The highest BCUT2D eigenvalue weighted by molar-refractivity contribution is 7.82. The van der Waals surface area contributed by atoms with Gasteiger partial charge in [0.25, 0.3) is 0 Å². The summed E-state index contributed by atoms with van der Waals surface area (Å²) in [6.07, 6.45) is 2.77. The highest BCUT2D eigenvalue weighted by atomic mass is 31.1. The van der Waals surface area contributed by atoms with Crippen LogP contribution in [0, 0.1) is 0 Å². The van der Waals surface area contributed by atoms with Gasteiger partial charge in [0.05, 0.1) is 0 Å². The van der Waals surface area contributed by atoms with Crippen LogP contribution >= 0.6 is 15.8 Å². The van der Waals surface area contributed by atoms with Crippen molar-refractivity contribution in [3.63, 3.8) is 0 Å². The lowest BCUT2D eigenvalue weighted by atomic mass is 10.2. The van der Waals surface area contributed by atoms with E-state index in [0.29, 0.717) is 0 Å². The fraction of sp³-hybridized carbons (Fsp3) is 0.250. The van der Waals surface area contributed by atoms with Gasteiger partial charge in [-0.15, -0.1) is 0 Å². The first kappa shape index (κ1) is 17.9. The molecule has 0 aliphatic carbocycles. The zero-order valence-electron chi connectivity index (χ0n) is 15.5. The smallest absolute Gasteiger partial charge is 0.00740 e. The quantitative estimate of drug-likeness (QED) is 0.554. The van der Waals surface area contributed by atoms with E-state index >= 15 is 0 Å². The third-order valence-corrected chi connectivity index (χ3v) is 11.4. The Morgan fingerprint density at radius 3 is 1.65 bits per heavy atom. The Labute approximate surface area is 160 Å². The highest BCUT2D eigenvalue weighted by Gasteiger charge is 2.33. The topological polar surface area (TPSA) is 0 Å². The fourth-order valence-electron chi connectivity index (χ4n) is 4.12. The zero-order valence-corrected chi connectivity index (χ0v) is 17.3. The van der Waals surface area contributed by atoms with Crippen molar-refractivity contribution < 1.29 is 0 Å². The third kappa shape index (κ3) is 3.51. The molecule has 1 aliphatic rings. The summed E-state index contributed by atoms with van der Waals surface area (Å²) in [6.45, 7) is 4.94. The first-order valence-corrected chi connectivity index (χ1v) is 12.4. The van der Waals surface area contributed by atoms with E-state index in [0.717, 1.165) is 11.3 Å². The van der Waals surface area contributed by atoms with Crippen LogP contribution in [-0.4, -0.2) is 11.3 Å². The molecule has 1 heterocycles. The van der Waals surface area contributed by atoms with Crippen LogP contribution in [-0.2, 0) is 0 Å². The van der Waals surface area contributed by atoms with Gasteiger partial charge in [-0.2, -0.15) is 0 Å². The van der Waals surface area contributed by atoms with Crippen LogP contribution in [0.25, 0.3) is 0 Å². The van der Waals surface area contributed by atoms with Crippen molar-refractivity contribution in [1.29, 1.82) is 0 Å². The Morgan fingerprint density at radius 2 is 1.12 bits per heavy atom. The van der Waals surface area contributed by atoms with E-state index in [-0.39, 0.29) is 7.92 Å². The van der Waals surface area contributed by atoms with E-state index < -0.39 is 7.92 Å². The molecular weight excluding hydrogens is 350 g/mol. The van der Waals surface area contributed by atoms with Gasteiger partial charge >= 0.3 is 0 Å². The van der Waals surface area contributed by atoms with Crippen molar-refractivity contribution in [1.82, 2.24) is 0 Å². The predicted octanol–water partition coefficient (Wildman–Crippen LogP) is 5.12. The third-order valence-electron chi connectivity index (χ3n) is 5.38. The molecule has 1 aliphatic heterocycles. The number of benzene rings is 3. The molecule has 0 bridgehead atoms. The molecule has 0 aromatic heterocycles. The minimum atomic E-state index is -0.505. The molecule has 132 valence electrons. The number of hydrogen-bond donors (Lipinski definition) is 0. The average Bonchev–Trinajstić information content (AvgIpc) is 3.02. The Bertz CT molecular complexity index is 795. The van der Waals surface area contributed by atoms with Crippen LogP contribution in [0.2, 0.25) is 0 Å². The molecule has 0 saturated carbocycles. The van der Waals surface area contributed by atoms with Crippen LogP contribution in [0.15, 0.2) is 84.9 Å². The lowest BCUT2D eigenvalue weighted by Crippen LogP contribution is -2.32. The van der Waals surface area contributed by atoms with Gasteiger partial charge in [-0.1, -0.05) is 107 Å². The summed E-state index contributed by atoms with van der Waals surface area (Å²) in [5.41, 5.74) is 1.68. The maximum atomic E-state index is 2.47. The molecule has 2 heteroatoms. The summed E-state index contributed by atoms with van der Waals surface area (Å²) >= 11 is 0. The number of hydrogen-bond acceptors (Lipinski definition) is 0. The summed E-state index contributed by atoms with van der Waals surface area (Å²) < 4.78 is 0. The maximum absolute atomic E-state index is 2.47. The minimum Gasteiger partial charge on any atom is -0.0688 e. The van der Waals surface area contributed by atoms with Crippen molar-refractivity contribution in [3.8, 4) is 0 Å². The van der Waals surface area contributed by atoms with Gasteiger partial charge in [-0.05, 0) is 53.3 Å². The van der Waals surface area contributed by atoms with Gasteiger partial charge in [0.15, 0.2) is 0 Å². The molecule has 0 N–H and O–H groups in total. The SMILES string of the molecule is CC1CC[C@H](C)P1c1ccccc1P(c1ccccc1)c1ccccc1. The van der Waals surface area contributed by atoms with Crippen molar-refractivity contribution in [3.05, 3.63) is 84.9 Å². The van der Waals surface area contributed by atoms with Crippen LogP contribution < -0.4 is 21.2 Å². The normalized spacial score (nSPS) is 22.7. The van der Waals surface area contributed by atoms with Crippen molar-refractivity contribution in [2.24, 2.45) is 0 Å².